The Bertz CT molecular complexity index is 722. The molecule has 0 spiro atoms. The van der Waals surface area contributed by atoms with Gasteiger partial charge in [0, 0.05) is 0 Å². The molecule has 0 aromatic heterocycles. The van der Waals surface area contributed by atoms with E-state index in [1.54, 1.807) is 12.1 Å². The first-order valence-corrected chi connectivity index (χ1v) is 11.1. The molecule has 0 aliphatic carbocycles. The van der Waals surface area contributed by atoms with Gasteiger partial charge < -0.3 is 0 Å². The van der Waals surface area contributed by atoms with Crippen LogP contribution in [0.1, 0.15) is 20.3 Å². The second-order valence-corrected chi connectivity index (χ2v) is 9.28. The third kappa shape index (κ3) is 5.96. The summed E-state index contributed by atoms with van der Waals surface area (Å²) in [6, 6.07) is 13.5. The van der Waals surface area contributed by atoms with Crippen LogP contribution in [0.3, 0.4) is 0 Å². The molecule has 0 heterocycles. The number of rotatable bonds is 7. The Labute approximate surface area is 144 Å². The van der Waals surface area contributed by atoms with Crippen LogP contribution >= 0.6 is 0 Å². The summed E-state index contributed by atoms with van der Waals surface area (Å²) in [6.07, 6.45) is 1.12. The molecule has 0 radical (unpaired) electrons. The fourth-order valence-electron chi connectivity index (χ4n) is 1.98. The number of nitrogens with one attached hydrogen (secondary N) is 1. The van der Waals surface area contributed by atoms with E-state index in [-0.39, 0.29) is 4.35 Å². The predicted octanol–water partition coefficient (Wildman–Crippen LogP) is 3.12. The Hall–Kier alpha value is -1.88. The summed E-state index contributed by atoms with van der Waals surface area (Å²) in [5, 5.41) is 11.6. The van der Waals surface area contributed by atoms with Crippen molar-refractivity contribution in [2.24, 2.45) is 16.1 Å². The predicted molar refractivity (Wildman–Crippen MR) is 95.5 cm³/mol. The molecule has 0 fully saturated rings. The molecule has 6 nitrogen and oxygen atoms in total. The molecule has 0 saturated heterocycles. The van der Waals surface area contributed by atoms with E-state index in [2.05, 4.69) is 29.4 Å². The van der Waals surface area contributed by atoms with Crippen LogP contribution in [0.2, 0.25) is 0 Å². The minimum absolute atomic E-state index is 0.0314. The van der Waals surface area contributed by atoms with Crippen LogP contribution in [0.4, 0.5) is 17.1 Å². The summed E-state index contributed by atoms with van der Waals surface area (Å²) in [4.78, 5) is 0. The van der Waals surface area contributed by atoms with Crippen molar-refractivity contribution in [3.8, 4) is 0 Å². The van der Waals surface area contributed by atoms with Gasteiger partial charge in [-0.25, -0.2) is 0 Å². The van der Waals surface area contributed by atoms with E-state index in [0.717, 1.165) is 18.7 Å². The molecule has 0 aliphatic rings. The topological polar surface area (TPSA) is 94.3 Å². The van der Waals surface area contributed by atoms with Crippen molar-refractivity contribution in [1.82, 2.24) is 0 Å². The zero-order valence-corrected chi connectivity index (χ0v) is 15.6. The number of anilines is 1. The van der Waals surface area contributed by atoms with E-state index in [1.807, 2.05) is 24.3 Å². The van der Waals surface area contributed by atoms with Gasteiger partial charge in [0.25, 0.3) is 0 Å². The van der Waals surface area contributed by atoms with Crippen LogP contribution in [-0.4, -0.2) is 28.9 Å². The molecule has 2 rings (SSSR count). The minimum atomic E-state index is -4.83. The van der Waals surface area contributed by atoms with Crippen molar-refractivity contribution in [3.05, 3.63) is 48.5 Å². The first-order chi connectivity index (χ1) is 11.3. The molecule has 128 valence electrons. The molecule has 2 aromatic carbocycles. The van der Waals surface area contributed by atoms with Crippen molar-refractivity contribution in [2.45, 2.75) is 20.3 Å². The molecule has 0 unspecified atom stereocenters. The molecule has 0 saturated carbocycles. The fourth-order valence-corrected chi connectivity index (χ4v) is 3.11. The third-order valence-corrected chi connectivity index (χ3v) is 5.42. The van der Waals surface area contributed by atoms with Gasteiger partial charge >= 0.3 is 118 Å². The third-order valence-electron chi connectivity index (χ3n) is 3.39. The summed E-state index contributed by atoms with van der Waals surface area (Å²) in [7, 11) is 0. The van der Waals surface area contributed by atoms with Crippen molar-refractivity contribution in [2.75, 3.05) is 11.9 Å². The number of hydrogen-bond acceptors (Lipinski definition) is 4. The quantitative estimate of drug-likeness (QED) is 0.499. The Morgan fingerprint density at radius 3 is 1.92 bits per heavy atom. The van der Waals surface area contributed by atoms with Crippen LogP contribution in [0.5, 0.6) is 0 Å². The first-order valence-electron chi connectivity index (χ1n) is 7.76. The maximum atomic E-state index is 11.2. The van der Waals surface area contributed by atoms with E-state index in [4.69, 9.17) is 8.19 Å². The van der Waals surface area contributed by atoms with Crippen LogP contribution in [0.25, 0.3) is 0 Å². The number of benzene rings is 2. The van der Waals surface area contributed by atoms with Gasteiger partial charge in [-0.1, -0.05) is 13.8 Å². The Balaban J connectivity index is 1.95. The van der Waals surface area contributed by atoms with Crippen LogP contribution in [0, 0.1) is 5.92 Å². The molecule has 0 aliphatic heterocycles. The van der Waals surface area contributed by atoms with Crippen molar-refractivity contribution in [1.29, 1.82) is 0 Å². The molecular weight excluding hydrogens is 369 g/mol. The maximum absolute atomic E-state index is 11.2. The van der Waals surface area contributed by atoms with Gasteiger partial charge in [0.15, 0.2) is 0 Å². The van der Waals surface area contributed by atoms with E-state index in [0.29, 0.717) is 17.3 Å². The fraction of sp³-hybridized carbons (Fsp3) is 0.294. The number of nitrogens with zero attached hydrogens (tertiary/aromatic N) is 2. The van der Waals surface area contributed by atoms with Gasteiger partial charge in [0.1, 0.15) is 0 Å². The van der Waals surface area contributed by atoms with Crippen LogP contribution < -0.4 is 9.67 Å². The molecule has 2 aromatic rings. The number of azo groups is 1. The van der Waals surface area contributed by atoms with E-state index in [9.17, 15) is 3.74 Å². The molecule has 24 heavy (non-hydrogen) atoms. The van der Waals surface area contributed by atoms with Gasteiger partial charge in [-0.2, -0.15) is 0 Å². The molecule has 7 heteroatoms. The average molecular weight is 391 g/mol. The first kappa shape index (κ1) is 18.5. The Morgan fingerprint density at radius 2 is 1.46 bits per heavy atom. The van der Waals surface area contributed by atoms with Crippen molar-refractivity contribution >= 4 is 35.6 Å². The SMILES string of the molecule is CC(C)CCNc1ccc(N=Nc2ccc([As](=O)(O)O)cc2)cc1. The van der Waals surface area contributed by atoms with Gasteiger partial charge in [0.05, 0.1) is 0 Å². The molecule has 0 bridgehead atoms. The van der Waals surface area contributed by atoms with Crippen molar-refractivity contribution < 1.29 is 11.9 Å². The Morgan fingerprint density at radius 1 is 0.958 bits per heavy atom. The van der Waals surface area contributed by atoms with Crippen LogP contribution in [-0.2, 0) is 3.74 Å². The molecule has 0 atom stereocenters. The number of hydrogen-bond donors (Lipinski definition) is 3. The molecule has 3 N–H and O–H groups in total. The monoisotopic (exact) mass is 391 g/mol. The second kappa shape index (κ2) is 8.29. The van der Waals surface area contributed by atoms with Crippen LogP contribution in [0.15, 0.2) is 58.8 Å². The summed E-state index contributed by atoms with van der Waals surface area (Å²) in [5.41, 5.74) is 2.30. The van der Waals surface area contributed by atoms with Gasteiger partial charge in [0.2, 0.25) is 0 Å². The van der Waals surface area contributed by atoms with E-state index in [1.165, 1.54) is 12.1 Å². The average Bonchev–Trinajstić information content (AvgIpc) is 2.53. The molecular formula is C17H22AsN3O3. The normalized spacial score (nSPS) is 12.0. The van der Waals surface area contributed by atoms with Gasteiger partial charge in [-0.15, -0.1) is 0 Å². The van der Waals surface area contributed by atoms with Gasteiger partial charge in [-0.3, -0.25) is 0 Å². The zero-order valence-electron chi connectivity index (χ0n) is 13.8. The van der Waals surface area contributed by atoms with Gasteiger partial charge in [-0.05, 0) is 12.3 Å². The van der Waals surface area contributed by atoms with Crippen molar-refractivity contribution in [3.63, 3.8) is 0 Å². The summed E-state index contributed by atoms with van der Waals surface area (Å²) in [5.74, 6) is 0.670. The second-order valence-electron chi connectivity index (χ2n) is 5.92. The standard InChI is InChI=1S/C17H22AsN3O3/c1-13(2)11-12-19-15-7-9-17(10-8-15)21-20-16-5-3-14(4-6-16)18(22,23)24/h3-10,13,19H,11-12H2,1-2H3,(H2,22,23,24). The summed E-state index contributed by atoms with van der Waals surface area (Å²) in [6.45, 7) is 5.32. The van der Waals surface area contributed by atoms with E-state index >= 15 is 0 Å². The molecule has 0 amide bonds. The summed E-state index contributed by atoms with van der Waals surface area (Å²) >= 11 is -4.83. The zero-order chi connectivity index (χ0) is 17.6. The summed E-state index contributed by atoms with van der Waals surface area (Å²) < 4.78 is 29.4. The Kier molecular flexibility index (Phi) is 6.37. The van der Waals surface area contributed by atoms with E-state index < -0.39 is 14.2 Å².